The van der Waals surface area contributed by atoms with Gasteiger partial charge < -0.3 is 16.4 Å². The summed E-state index contributed by atoms with van der Waals surface area (Å²) in [6.07, 6.45) is 3.93. The van der Waals surface area contributed by atoms with Crippen LogP contribution in [0.3, 0.4) is 0 Å². The van der Waals surface area contributed by atoms with Crippen LogP contribution in [-0.2, 0) is 9.59 Å². The van der Waals surface area contributed by atoms with E-state index in [1.807, 2.05) is 6.92 Å². The largest absolute Gasteiger partial charge is 0.355 e. The van der Waals surface area contributed by atoms with Gasteiger partial charge in [-0.3, -0.25) is 9.59 Å². The van der Waals surface area contributed by atoms with Crippen molar-refractivity contribution in [1.82, 2.24) is 10.6 Å². The molecule has 1 fully saturated rings. The lowest BCUT2D eigenvalue weighted by atomic mass is 9.74. The summed E-state index contributed by atoms with van der Waals surface area (Å²) in [5.41, 5.74) is 5.75. The van der Waals surface area contributed by atoms with Crippen molar-refractivity contribution in [2.24, 2.45) is 11.7 Å². The van der Waals surface area contributed by atoms with Crippen LogP contribution >= 0.6 is 12.4 Å². The second kappa shape index (κ2) is 7.59. The first kappa shape index (κ1) is 17.2. The Balaban J connectivity index is 0.00000289. The average molecular weight is 278 g/mol. The van der Waals surface area contributed by atoms with Gasteiger partial charge in [-0.2, -0.15) is 0 Å². The molecule has 0 bridgehead atoms. The molecule has 6 heteroatoms. The maximum atomic E-state index is 12.0. The molecule has 0 aromatic carbocycles. The first-order valence-corrected chi connectivity index (χ1v) is 6.24. The third-order valence-corrected chi connectivity index (χ3v) is 3.37. The van der Waals surface area contributed by atoms with Gasteiger partial charge in [0.2, 0.25) is 11.8 Å². The van der Waals surface area contributed by atoms with Gasteiger partial charge in [-0.05, 0) is 19.8 Å². The van der Waals surface area contributed by atoms with E-state index in [0.29, 0.717) is 13.1 Å². The molecule has 1 aliphatic carbocycles. The molecule has 4 N–H and O–H groups in total. The summed E-state index contributed by atoms with van der Waals surface area (Å²) in [5.74, 6) is -0.172. The van der Waals surface area contributed by atoms with E-state index < -0.39 is 5.54 Å². The van der Waals surface area contributed by atoms with E-state index in [2.05, 4.69) is 10.6 Å². The fourth-order valence-electron chi connectivity index (χ4n) is 2.34. The van der Waals surface area contributed by atoms with Crippen LogP contribution in [0.25, 0.3) is 0 Å². The van der Waals surface area contributed by atoms with Crippen LogP contribution in [0.2, 0.25) is 0 Å². The second-order valence-corrected chi connectivity index (χ2v) is 5.08. The summed E-state index contributed by atoms with van der Waals surface area (Å²) < 4.78 is 0. The number of amides is 2. The summed E-state index contributed by atoms with van der Waals surface area (Å²) in [5, 5.41) is 5.47. The monoisotopic (exact) mass is 277 g/mol. The molecule has 2 unspecified atom stereocenters. The van der Waals surface area contributed by atoms with Crippen molar-refractivity contribution in [1.29, 1.82) is 0 Å². The van der Waals surface area contributed by atoms with Crippen LogP contribution in [0.5, 0.6) is 0 Å². The molecule has 0 saturated heterocycles. The third-order valence-electron chi connectivity index (χ3n) is 3.37. The normalized spacial score (nSPS) is 26.9. The van der Waals surface area contributed by atoms with Gasteiger partial charge >= 0.3 is 0 Å². The molecule has 0 aromatic heterocycles. The molecule has 2 atom stereocenters. The van der Waals surface area contributed by atoms with Crippen molar-refractivity contribution in [2.45, 2.75) is 45.1 Å². The Labute approximate surface area is 115 Å². The van der Waals surface area contributed by atoms with Crippen molar-refractivity contribution in [3.8, 4) is 0 Å². The highest BCUT2D eigenvalue weighted by molar-refractivity contribution is 5.85. The highest BCUT2D eigenvalue weighted by Crippen LogP contribution is 2.31. The highest BCUT2D eigenvalue weighted by Gasteiger charge is 2.37. The van der Waals surface area contributed by atoms with Gasteiger partial charge in [-0.1, -0.05) is 12.8 Å². The van der Waals surface area contributed by atoms with E-state index in [9.17, 15) is 9.59 Å². The fourth-order valence-corrected chi connectivity index (χ4v) is 2.34. The third kappa shape index (κ3) is 5.23. The molecular weight excluding hydrogens is 254 g/mol. The number of hydrogen-bond acceptors (Lipinski definition) is 3. The lowest BCUT2D eigenvalue weighted by molar-refractivity contribution is -0.128. The minimum atomic E-state index is -0.393. The van der Waals surface area contributed by atoms with Crippen LogP contribution in [-0.4, -0.2) is 30.4 Å². The van der Waals surface area contributed by atoms with Crippen LogP contribution in [0.1, 0.15) is 39.5 Å². The van der Waals surface area contributed by atoms with E-state index in [1.165, 1.54) is 6.92 Å². The molecule has 18 heavy (non-hydrogen) atoms. The lowest BCUT2D eigenvalue weighted by Crippen LogP contribution is -2.53. The maximum Gasteiger partial charge on any atom is 0.225 e. The van der Waals surface area contributed by atoms with Crippen molar-refractivity contribution in [3.05, 3.63) is 0 Å². The molecule has 0 spiro atoms. The zero-order valence-electron chi connectivity index (χ0n) is 11.1. The number of rotatable bonds is 4. The van der Waals surface area contributed by atoms with Crippen molar-refractivity contribution >= 4 is 24.2 Å². The average Bonchev–Trinajstić information content (AvgIpc) is 2.23. The van der Waals surface area contributed by atoms with Crippen LogP contribution < -0.4 is 16.4 Å². The van der Waals surface area contributed by atoms with Crippen LogP contribution in [0.4, 0.5) is 0 Å². The molecule has 5 nitrogen and oxygen atoms in total. The molecule has 0 aromatic rings. The smallest absolute Gasteiger partial charge is 0.225 e. The molecule has 0 radical (unpaired) electrons. The Bertz CT molecular complexity index is 295. The SMILES string of the molecule is CC(=O)NCCNC(=O)C1CCCCC1(C)N.Cl. The second-order valence-electron chi connectivity index (χ2n) is 5.08. The highest BCUT2D eigenvalue weighted by atomic mass is 35.5. The molecule has 2 amide bonds. The van der Waals surface area contributed by atoms with E-state index in [0.717, 1.165) is 25.7 Å². The van der Waals surface area contributed by atoms with Gasteiger partial charge in [0.15, 0.2) is 0 Å². The first-order valence-electron chi connectivity index (χ1n) is 6.24. The summed E-state index contributed by atoms with van der Waals surface area (Å²) in [4.78, 5) is 22.6. The Hall–Kier alpha value is -0.810. The predicted octanol–water partition coefficient (Wildman–Crippen LogP) is 0.568. The van der Waals surface area contributed by atoms with Gasteiger partial charge in [-0.15, -0.1) is 12.4 Å². The Morgan fingerprint density at radius 3 is 2.44 bits per heavy atom. The van der Waals surface area contributed by atoms with Gasteiger partial charge in [0, 0.05) is 25.6 Å². The first-order chi connectivity index (χ1) is 7.93. The summed E-state index contributed by atoms with van der Waals surface area (Å²) in [6, 6.07) is 0. The van der Waals surface area contributed by atoms with E-state index >= 15 is 0 Å². The number of hydrogen-bond donors (Lipinski definition) is 3. The molecule has 0 heterocycles. The van der Waals surface area contributed by atoms with E-state index in [4.69, 9.17) is 5.73 Å². The maximum absolute atomic E-state index is 12.0. The number of nitrogens with two attached hydrogens (primary N) is 1. The quantitative estimate of drug-likeness (QED) is 0.657. The van der Waals surface area contributed by atoms with Gasteiger partial charge in [0.25, 0.3) is 0 Å². The molecule has 0 aliphatic heterocycles. The lowest BCUT2D eigenvalue weighted by Gasteiger charge is -2.37. The summed E-state index contributed by atoms with van der Waals surface area (Å²) in [6.45, 7) is 4.34. The molecular formula is C12H24ClN3O2. The Morgan fingerprint density at radius 2 is 1.89 bits per heavy atom. The molecule has 1 rings (SSSR count). The van der Waals surface area contributed by atoms with Gasteiger partial charge in [0.1, 0.15) is 0 Å². The number of carbonyl (C=O) groups excluding carboxylic acids is 2. The predicted molar refractivity (Wildman–Crippen MR) is 73.5 cm³/mol. The topological polar surface area (TPSA) is 84.2 Å². The van der Waals surface area contributed by atoms with E-state index in [-0.39, 0.29) is 30.1 Å². The zero-order valence-corrected chi connectivity index (χ0v) is 11.9. The fraction of sp³-hybridized carbons (Fsp3) is 0.833. The molecule has 1 aliphatic rings. The molecule has 106 valence electrons. The van der Waals surface area contributed by atoms with Gasteiger partial charge in [-0.25, -0.2) is 0 Å². The Morgan fingerprint density at radius 1 is 1.28 bits per heavy atom. The van der Waals surface area contributed by atoms with Crippen molar-refractivity contribution in [3.63, 3.8) is 0 Å². The minimum absolute atomic E-state index is 0. The summed E-state index contributed by atoms with van der Waals surface area (Å²) >= 11 is 0. The summed E-state index contributed by atoms with van der Waals surface area (Å²) in [7, 11) is 0. The number of nitrogens with one attached hydrogen (secondary N) is 2. The molecule has 1 saturated carbocycles. The van der Waals surface area contributed by atoms with Crippen LogP contribution in [0.15, 0.2) is 0 Å². The minimum Gasteiger partial charge on any atom is -0.355 e. The van der Waals surface area contributed by atoms with E-state index in [1.54, 1.807) is 0 Å². The van der Waals surface area contributed by atoms with Gasteiger partial charge in [0.05, 0.1) is 5.92 Å². The zero-order chi connectivity index (χ0) is 12.9. The number of halogens is 1. The van der Waals surface area contributed by atoms with Crippen LogP contribution in [0, 0.1) is 5.92 Å². The number of carbonyl (C=O) groups is 2. The van der Waals surface area contributed by atoms with Crippen molar-refractivity contribution in [2.75, 3.05) is 13.1 Å². The Kier molecular flexibility index (Phi) is 7.25. The standard InChI is InChI=1S/C12H23N3O2.ClH/c1-9(16)14-7-8-15-11(17)10-5-3-4-6-12(10,2)13;/h10H,3-8,13H2,1-2H3,(H,14,16)(H,15,17);1H. The van der Waals surface area contributed by atoms with Crippen molar-refractivity contribution < 1.29 is 9.59 Å².